The summed E-state index contributed by atoms with van der Waals surface area (Å²) in [6, 6.07) is 9.81. The average Bonchev–Trinajstić information content (AvgIpc) is 2.93. The minimum Gasteiger partial charge on any atom is -0.504 e. The first kappa shape index (κ1) is 22.4. The highest BCUT2D eigenvalue weighted by molar-refractivity contribution is 14.1. The molecule has 0 atom stereocenters. The predicted octanol–water partition coefficient (Wildman–Crippen LogP) is 4.72. The van der Waals surface area contributed by atoms with Crippen molar-refractivity contribution in [1.29, 1.82) is 0 Å². The van der Waals surface area contributed by atoms with E-state index in [1.165, 1.54) is 6.08 Å². The van der Waals surface area contributed by atoms with Gasteiger partial charge in [0.15, 0.2) is 11.5 Å². The fraction of sp³-hybridized carbons (Fsp3) is 0.150. The van der Waals surface area contributed by atoms with Gasteiger partial charge in [-0.1, -0.05) is 17.7 Å². The molecule has 3 rings (SSSR count). The molecule has 156 valence electrons. The van der Waals surface area contributed by atoms with Gasteiger partial charge in [0.25, 0.3) is 11.1 Å². The summed E-state index contributed by atoms with van der Waals surface area (Å²) in [6.45, 7) is 1.75. The summed E-state index contributed by atoms with van der Waals surface area (Å²) in [4.78, 5) is 38.3. The van der Waals surface area contributed by atoms with E-state index in [-0.39, 0.29) is 16.4 Å². The molecular weight excluding hydrogens is 543 g/mol. The summed E-state index contributed by atoms with van der Waals surface area (Å²) >= 11 is 8.59. The van der Waals surface area contributed by atoms with Crippen molar-refractivity contribution in [3.05, 3.63) is 55.5 Å². The molecule has 0 aromatic heterocycles. The summed E-state index contributed by atoms with van der Waals surface area (Å²) in [6.07, 6.45) is 1.53. The largest absolute Gasteiger partial charge is 0.504 e. The van der Waals surface area contributed by atoms with Gasteiger partial charge < -0.3 is 15.2 Å². The van der Waals surface area contributed by atoms with Crippen LogP contribution in [0.4, 0.5) is 10.5 Å². The second kappa shape index (κ2) is 9.71. The van der Waals surface area contributed by atoms with Gasteiger partial charge >= 0.3 is 0 Å². The van der Waals surface area contributed by atoms with E-state index in [9.17, 15) is 19.5 Å². The lowest BCUT2D eigenvalue weighted by atomic mass is 10.2. The normalized spacial score (nSPS) is 15.0. The zero-order valence-electron chi connectivity index (χ0n) is 15.6. The van der Waals surface area contributed by atoms with Crippen molar-refractivity contribution in [3.63, 3.8) is 0 Å². The van der Waals surface area contributed by atoms with Crippen LogP contribution in [0, 0.1) is 3.57 Å². The highest BCUT2D eigenvalue weighted by Gasteiger charge is 2.36. The standard InChI is InChI=1S/C20H16ClIN2O5S/c1-2-29-15-7-11(6-14(22)18(15)26)8-16-19(27)24(20(28)30-16)10-17(25)23-13-5-3-4-12(21)9-13/h3-9,26H,2,10H2,1H3,(H,23,25)/b16-8+. The van der Waals surface area contributed by atoms with E-state index >= 15 is 0 Å². The van der Waals surface area contributed by atoms with E-state index in [1.807, 2.05) is 22.6 Å². The number of amides is 3. The van der Waals surface area contributed by atoms with Gasteiger partial charge in [0.2, 0.25) is 5.91 Å². The maximum absolute atomic E-state index is 12.7. The van der Waals surface area contributed by atoms with Crippen molar-refractivity contribution in [2.75, 3.05) is 18.5 Å². The van der Waals surface area contributed by atoms with E-state index in [1.54, 1.807) is 43.3 Å². The number of phenolic OH excluding ortho intramolecular Hbond substituents is 1. The predicted molar refractivity (Wildman–Crippen MR) is 125 cm³/mol. The van der Waals surface area contributed by atoms with Gasteiger partial charge in [0.05, 0.1) is 15.1 Å². The van der Waals surface area contributed by atoms with Crippen molar-refractivity contribution in [2.24, 2.45) is 0 Å². The van der Waals surface area contributed by atoms with Crippen LogP contribution in [0.5, 0.6) is 11.5 Å². The van der Waals surface area contributed by atoms with Gasteiger partial charge in [0, 0.05) is 10.7 Å². The topological polar surface area (TPSA) is 95.9 Å². The zero-order valence-corrected chi connectivity index (χ0v) is 19.4. The van der Waals surface area contributed by atoms with Crippen LogP contribution in [0.15, 0.2) is 41.3 Å². The molecule has 1 heterocycles. The lowest BCUT2D eigenvalue weighted by Gasteiger charge is -2.12. The van der Waals surface area contributed by atoms with Gasteiger partial charge in [-0.05, 0) is 83.2 Å². The number of carbonyl (C=O) groups is 3. The summed E-state index contributed by atoms with van der Waals surface area (Å²) in [5.41, 5.74) is 1.06. The van der Waals surface area contributed by atoms with Crippen LogP contribution >= 0.6 is 46.0 Å². The first-order chi connectivity index (χ1) is 14.3. The van der Waals surface area contributed by atoms with Crippen LogP contribution in [0.1, 0.15) is 12.5 Å². The molecule has 0 radical (unpaired) electrons. The summed E-state index contributed by atoms with van der Waals surface area (Å²) in [5.74, 6) is -0.776. The van der Waals surface area contributed by atoms with E-state index < -0.39 is 23.6 Å². The van der Waals surface area contributed by atoms with Crippen LogP contribution in [0.2, 0.25) is 5.02 Å². The number of benzene rings is 2. The average molecular weight is 559 g/mol. The molecule has 30 heavy (non-hydrogen) atoms. The third-order valence-electron chi connectivity index (χ3n) is 3.93. The molecule has 2 N–H and O–H groups in total. The van der Waals surface area contributed by atoms with E-state index in [0.717, 1.165) is 16.7 Å². The van der Waals surface area contributed by atoms with Crippen LogP contribution in [-0.4, -0.2) is 40.2 Å². The first-order valence-corrected chi connectivity index (χ1v) is 11.0. The lowest BCUT2D eigenvalue weighted by Crippen LogP contribution is -2.36. The van der Waals surface area contributed by atoms with Gasteiger partial charge in [-0.3, -0.25) is 19.3 Å². The molecule has 3 amide bonds. The smallest absolute Gasteiger partial charge is 0.294 e. The number of nitrogens with one attached hydrogen (secondary N) is 1. The van der Waals surface area contributed by atoms with Crippen LogP contribution in [-0.2, 0) is 9.59 Å². The summed E-state index contributed by atoms with van der Waals surface area (Å²) in [5, 5.41) is 12.6. The molecule has 1 fully saturated rings. The van der Waals surface area contributed by atoms with E-state index in [4.69, 9.17) is 16.3 Å². The number of hydrogen-bond donors (Lipinski definition) is 2. The number of phenols is 1. The maximum atomic E-state index is 12.7. The SMILES string of the molecule is CCOc1cc(/C=C2/SC(=O)N(CC(=O)Nc3cccc(Cl)c3)C2=O)cc(I)c1O. The molecule has 2 aromatic rings. The number of rotatable bonds is 6. The number of imide groups is 1. The van der Waals surface area contributed by atoms with Gasteiger partial charge in [-0.15, -0.1) is 0 Å². The van der Waals surface area contributed by atoms with E-state index in [0.29, 0.717) is 26.5 Å². The van der Waals surface area contributed by atoms with Crippen molar-refractivity contribution < 1.29 is 24.2 Å². The lowest BCUT2D eigenvalue weighted by molar-refractivity contribution is -0.127. The third kappa shape index (κ3) is 5.27. The second-order valence-corrected chi connectivity index (χ2v) is 8.70. The fourth-order valence-electron chi connectivity index (χ4n) is 2.64. The van der Waals surface area contributed by atoms with Crippen LogP contribution in [0.3, 0.4) is 0 Å². The number of thioether (sulfide) groups is 1. The number of aromatic hydroxyl groups is 1. The van der Waals surface area contributed by atoms with Crippen molar-refractivity contribution in [3.8, 4) is 11.5 Å². The summed E-state index contributed by atoms with van der Waals surface area (Å²) in [7, 11) is 0. The third-order valence-corrected chi connectivity index (χ3v) is 5.90. The number of ether oxygens (including phenoxy) is 1. The first-order valence-electron chi connectivity index (χ1n) is 8.74. The molecular formula is C20H16ClIN2O5S. The summed E-state index contributed by atoms with van der Waals surface area (Å²) < 4.78 is 5.94. The van der Waals surface area contributed by atoms with Crippen LogP contribution < -0.4 is 10.1 Å². The molecule has 0 bridgehead atoms. The number of hydrogen-bond acceptors (Lipinski definition) is 6. The molecule has 1 saturated heterocycles. The van der Waals surface area contributed by atoms with Gasteiger partial charge in [0.1, 0.15) is 6.54 Å². The Morgan fingerprint density at radius 3 is 2.80 bits per heavy atom. The molecule has 0 spiro atoms. The van der Waals surface area contributed by atoms with Crippen molar-refractivity contribution in [2.45, 2.75) is 6.92 Å². The molecule has 0 aliphatic carbocycles. The number of anilines is 1. The maximum Gasteiger partial charge on any atom is 0.294 e. The molecule has 0 unspecified atom stereocenters. The molecule has 7 nitrogen and oxygen atoms in total. The molecule has 2 aromatic carbocycles. The Morgan fingerprint density at radius 2 is 2.10 bits per heavy atom. The monoisotopic (exact) mass is 558 g/mol. The van der Waals surface area contributed by atoms with E-state index in [2.05, 4.69) is 5.32 Å². The van der Waals surface area contributed by atoms with Gasteiger partial charge in [-0.25, -0.2) is 0 Å². The Kier molecular flexibility index (Phi) is 7.27. The van der Waals surface area contributed by atoms with Crippen LogP contribution in [0.25, 0.3) is 6.08 Å². The molecule has 10 heteroatoms. The Labute approximate surface area is 195 Å². The van der Waals surface area contributed by atoms with Crippen molar-refractivity contribution in [1.82, 2.24) is 4.90 Å². The number of carbonyl (C=O) groups excluding carboxylic acids is 3. The molecule has 1 aliphatic heterocycles. The number of halogens is 2. The second-order valence-electron chi connectivity index (χ2n) is 6.11. The Morgan fingerprint density at radius 1 is 1.33 bits per heavy atom. The molecule has 0 saturated carbocycles. The van der Waals surface area contributed by atoms with Gasteiger partial charge in [-0.2, -0.15) is 0 Å². The van der Waals surface area contributed by atoms with Crippen molar-refractivity contribution >= 4 is 74.8 Å². The molecule has 1 aliphatic rings. The highest BCUT2D eigenvalue weighted by atomic mass is 127. The minimum absolute atomic E-state index is 0.0143. The Balaban J connectivity index is 1.75. The minimum atomic E-state index is -0.563. The number of nitrogens with zero attached hydrogens (tertiary/aromatic N) is 1. The Bertz CT molecular complexity index is 1060. The highest BCUT2D eigenvalue weighted by Crippen LogP contribution is 2.36. The fourth-order valence-corrected chi connectivity index (χ4v) is 4.29. The zero-order chi connectivity index (χ0) is 21.8. The quantitative estimate of drug-likeness (QED) is 0.393. The Hall–Kier alpha value is -2.24.